The van der Waals surface area contributed by atoms with Gasteiger partial charge in [0.05, 0.1) is 12.2 Å². The summed E-state index contributed by atoms with van der Waals surface area (Å²) in [5.41, 5.74) is -0.146. The minimum Gasteiger partial charge on any atom is -0.343 e. The van der Waals surface area contributed by atoms with Crippen LogP contribution in [0.2, 0.25) is 0 Å². The highest BCUT2D eigenvalue weighted by molar-refractivity contribution is 5.99. The van der Waals surface area contributed by atoms with Crippen molar-refractivity contribution >= 4 is 17.5 Å². The van der Waals surface area contributed by atoms with Gasteiger partial charge in [0.15, 0.2) is 17.5 Å². The predicted molar refractivity (Wildman–Crippen MR) is 73.7 cm³/mol. The lowest BCUT2D eigenvalue weighted by molar-refractivity contribution is -0.115. The number of rotatable bonds is 4. The second kappa shape index (κ2) is 6.75. The normalized spacial score (nSPS) is 10.1. The number of amides is 2. The van der Waals surface area contributed by atoms with Gasteiger partial charge in [-0.2, -0.15) is 0 Å². The van der Waals surface area contributed by atoms with E-state index in [-0.39, 0.29) is 0 Å². The molecular formula is C15H11F3N2O2. The van der Waals surface area contributed by atoms with Crippen LogP contribution in [-0.4, -0.2) is 18.4 Å². The largest absolute Gasteiger partial charge is 0.343 e. The van der Waals surface area contributed by atoms with Gasteiger partial charge in [0.25, 0.3) is 5.91 Å². The molecule has 0 fully saturated rings. The van der Waals surface area contributed by atoms with E-state index < -0.39 is 41.5 Å². The number of hydrogen-bond donors (Lipinski definition) is 2. The van der Waals surface area contributed by atoms with Crippen molar-refractivity contribution < 1.29 is 22.8 Å². The number of halogens is 3. The van der Waals surface area contributed by atoms with Crippen molar-refractivity contribution in [1.29, 1.82) is 0 Å². The molecule has 0 aromatic heterocycles. The van der Waals surface area contributed by atoms with Crippen molar-refractivity contribution in [3.8, 4) is 0 Å². The number of carbonyl (C=O) groups excluding carboxylic acids is 2. The van der Waals surface area contributed by atoms with E-state index in [1.54, 1.807) is 30.3 Å². The van der Waals surface area contributed by atoms with Crippen LogP contribution in [-0.2, 0) is 4.79 Å². The molecule has 2 rings (SSSR count). The fourth-order valence-electron chi connectivity index (χ4n) is 1.67. The maximum Gasteiger partial charge on any atom is 0.251 e. The van der Waals surface area contributed by atoms with Crippen LogP contribution >= 0.6 is 0 Å². The summed E-state index contributed by atoms with van der Waals surface area (Å²) in [6.07, 6.45) is 0. The number of hydrogen-bond acceptors (Lipinski definition) is 2. The second-order valence-electron chi connectivity index (χ2n) is 4.32. The fourth-order valence-corrected chi connectivity index (χ4v) is 1.67. The van der Waals surface area contributed by atoms with Gasteiger partial charge < -0.3 is 10.6 Å². The van der Waals surface area contributed by atoms with Crippen LogP contribution < -0.4 is 10.6 Å². The molecule has 0 unspecified atom stereocenters. The van der Waals surface area contributed by atoms with Crippen LogP contribution in [0.5, 0.6) is 0 Å². The van der Waals surface area contributed by atoms with Gasteiger partial charge in [-0.3, -0.25) is 9.59 Å². The van der Waals surface area contributed by atoms with E-state index in [9.17, 15) is 22.8 Å². The first-order chi connectivity index (χ1) is 10.5. The van der Waals surface area contributed by atoms with E-state index in [1.165, 1.54) is 0 Å². The van der Waals surface area contributed by atoms with Gasteiger partial charge in [-0.15, -0.1) is 0 Å². The molecule has 22 heavy (non-hydrogen) atoms. The van der Waals surface area contributed by atoms with Gasteiger partial charge in [0.2, 0.25) is 5.91 Å². The first-order valence-electron chi connectivity index (χ1n) is 6.25. The molecule has 0 aliphatic heterocycles. The van der Waals surface area contributed by atoms with Crippen molar-refractivity contribution in [2.75, 3.05) is 11.9 Å². The predicted octanol–water partition coefficient (Wildman–Crippen LogP) is 2.47. The molecule has 0 spiro atoms. The molecule has 4 nitrogen and oxygen atoms in total. The van der Waals surface area contributed by atoms with Crippen LogP contribution in [0.4, 0.5) is 18.9 Å². The van der Waals surface area contributed by atoms with Crippen molar-refractivity contribution in [3.63, 3.8) is 0 Å². The molecule has 0 saturated carbocycles. The van der Waals surface area contributed by atoms with Crippen LogP contribution in [0.3, 0.4) is 0 Å². The Morgan fingerprint density at radius 2 is 1.59 bits per heavy atom. The molecule has 2 amide bonds. The molecular weight excluding hydrogens is 297 g/mol. The van der Waals surface area contributed by atoms with E-state index in [4.69, 9.17) is 0 Å². The number of benzene rings is 2. The zero-order valence-corrected chi connectivity index (χ0v) is 11.2. The van der Waals surface area contributed by atoms with Gasteiger partial charge in [-0.1, -0.05) is 18.2 Å². The number of anilines is 1. The van der Waals surface area contributed by atoms with Crippen LogP contribution in [0.15, 0.2) is 42.5 Å². The topological polar surface area (TPSA) is 58.2 Å². The molecule has 2 aromatic rings. The third-order valence-corrected chi connectivity index (χ3v) is 2.75. The highest BCUT2D eigenvalue weighted by Gasteiger charge is 2.15. The quantitative estimate of drug-likeness (QED) is 0.853. The number of nitrogens with one attached hydrogen (secondary N) is 2. The zero-order chi connectivity index (χ0) is 16.1. The summed E-state index contributed by atoms with van der Waals surface area (Å²) < 4.78 is 39.1. The Hall–Kier alpha value is -2.83. The highest BCUT2D eigenvalue weighted by atomic mass is 19.2. The standard InChI is InChI=1S/C15H11F3N2O2/c16-10-6-7-11(14(18)13(10)17)20-12(21)8-19-15(22)9-4-2-1-3-5-9/h1-7H,8H2,(H,19,22)(H,20,21). The van der Waals surface area contributed by atoms with Gasteiger partial charge in [-0.25, -0.2) is 13.2 Å². The molecule has 0 aliphatic carbocycles. The summed E-state index contributed by atoms with van der Waals surface area (Å²) in [4.78, 5) is 23.3. The van der Waals surface area contributed by atoms with E-state index in [0.29, 0.717) is 11.6 Å². The molecule has 0 heterocycles. The molecule has 2 aromatic carbocycles. The minimum atomic E-state index is -1.67. The lowest BCUT2D eigenvalue weighted by atomic mass is 10.2. The van der Waals surface area contributed by atoms with E-state index in [2.05, 4.69) is 5.32 Å². The summed E-state index contributed by atoms with van der Waals surface area (Å²) >= 11 is 0. The summed E-state index contributed by atoms with van der Waals surface area (Å²) in [6.45, 7) is -0.438. The molecule has 0 bridgehead atoms. The zero-order valence-electron chi connectivity index (χ0n) is 11.2. The van der Waals surface area contributed by atoms with Gasteiger partial charge in [0, 0.05) is 5.56 Å². The molecule has 0 radical (unpaired) electrons. The van der Waals surface area contributed by atoms with E-state index in [1.807, 2.05) is 5.32 Å². The maximum atomic E-state index is 13.4. The Kier molecular flexibility index (Phi) is 4.77. The van der Waals surface area contributed by atoms with Crippen molar-refractivity contribution in [2.24, 2.45) is 0 Å². The highest BCUT2D eigenvalue weighted by Crippen LogP contribution is 2.19. The Morgan fingerprint density at radius 3 is 2.27 bits per heavy atom. The lowest BCUT2D eigenvalue weighted by Crippen LogP contribution is -2.33. The van der Waals surface area contributed by atoms with Gasteiger partial charge in [-0.05, 0) is 24.3 Å². The van der Waals surface area contributed by atoms with Crippen LogP contribution in [0, 0.1) is 17.5 Å². The smallest absolute Gasteiger partial charge is 0.251 e. The minimum absolute atomic E-state index is 0.356. The molecule has 2 N–H and O–H groups in total. The monoisotopic (exact) mass is 308 g/mol. The first kappa shape index (κ1) is 15.6. The average Bonchev–Trinajstić information content (AvgIpc) is 2.54. The van der Waals surface area contributed by atoms with Gasteiger partial charge >= 0.3 is 0 Å². The molecule has 0 saturated heterocycles. The van der Waals surface area contributed by atoms with E-state index in [0.717, 1.165) is 6.07 Å². The maximum absolute atomic E-state index is 13.4. The van der Waals surface area contributed by atoms with Crippen molar-refractivity contribution in [1.82, 2.24) is 5.32 Å². The summed E-state index contributed by atoms with van der Waals surface area (Å²) in [7, 11) is 0. The first-order valence-corrected chi connectivity index (χ1v) is 6.25. The molecule has 0 atom stereocenters. The Bertz CT molecular complexity index is 705. The summed E-state index contributed by atoms with van der Waals surface area (Å²) in [5, 5.41) is 4.37. The number of carbonyl (C=O) groups is 2. The van der Waals surface area contributed by atoms with Crippen molar-refractivity contribution in [3.05, 3.63) is 65.5 Å². The fraction of sp³-hybridized carbons (Fsp3) is 0.0667. The third kappa shape index (κ3) is 3.63. The third-order valence-electron chi connectivity index (χ3n) is 2.75. The summed E-state index contributed by atoms with van der Waals surface area (Å²) in [6, 6.07) is 9.75. The van der Waals surface area contributed by atoms with E-state index >= 15 is 0 Å². The van der Waals surface area contributed by atoms with Crippen molar-refractivity contribution in [2.45, 2.75) is 0 Å². The van der Waals surface area contributed by atoms with Gasteiger partial charge in [0.1, 0.15) is 0 Å². The lowest BCUT2D eigenvalue weighted by Gasteiger charge is -2.08. The molecule has 114 valence electrons. The Morgan fingerprint density at radius 1 is 0.909 bits per heavy atom. The Balaban J connectivity index is 1.94. The molecule has 7 heteroatoms. The Labute approximate surface area is 124 Å². The summed E-state index contributed by atoms with van der Waals surface area (Å²) in [5.74, 6) is -5.78. The molecule has 0 aliphatic rings. The van der Waals surface area contributed by atoms with Crippen LogP contribution in [0.25, 0.3) is 0 Å². The SMILES string of the molecule is O=C(CNC(=O)c1ccccc1)Nc1ccc(F)c(F)c1F. The average molecular weight is 308 g/mol. The second-order valence-corrected chi connectivity index (χ2v) is 4.32. The van der Waals surface area contributed by atoms with Crippen LogP contribution in [0.1, 0.15) is 10.4 Å².